The first kappa shape index (κ1) is 10.1. The Hall–Kier alpha value is -0.890. The monoisotopic (exact) mass is 153 g/mol. The van der Waals surface area contributed by atoms with Crippen molar-refractivity contribution in [3.05, 3.63) is 23.4 Å². The third kappa shape index (κ3) is 3.73. The molecule has 0 atom stereocenters. The van der Waals surface area contributed by atoms with Gasteiger partial charge in [-0.2, -0.15) is 0 Å². The number of hydrogen-bond acceptors (Lipinski definition) is 2. The molecule has 0 rings (SSSR count). The summed E-state index contributed by atoms with van der Waals surface area (Å²) in [7, 11) is 0. The van der Waals surface area contributed by atoms with Crippen molar-refractivity contribution in [2.45, 2.75) is 20.3 Å². The summed E-state index contributed by atoms with van der Waals surface area (Å²) in [6, 6.07) is 0. The van der Waals surface area contributed by atoms with Crippen LogP contribution in [0.3, 0.4) is 0 Å². The van der Waals surface area contributed by atoms with Gasteiger partial charge in [-0.3, -0.25) is 4.99 Å². The highest BCUT2D eigenvalue weighted by Gasteiger charge is 1.91. The fraction of sp³-hybridized carbons (Fsp3) is 0.444. The highest BCUT2D eigenvalue weighted by atomic mass is 16.3. The van der Waals surface area contributed by atoms with Gasteiger partial charge in [0, 0.05) is 5.70 Å². The molecule has 0 fully saturated rings. The molecule has 0 spiro atoms. The summed E-state index contributed by atoms with van der Waals surface area (Å²) in [4.78, 5) is 3.80. The molecule has 62 valence electrons. The molecule has 0 aliphatic heterocycles. The van der Waals surface area contributed by atoms with Crippen LogP contribution in [0.25, 0.3) is 0 Å². The Kier molecular flexibility index (Phi) is 5.39. The summed E-state index contributed by atoms with van der Waals surface area (Å²) < 4.78 is 0. The van der Waals surface area contributed by atoms with Crippen LogP contribution in [0.5, 0.6) is 0 Å². The number of aliphatic hydroxyl groups excluding tert-OH is 1. The molecule has 0 aliphatic rings. The number of allylic oxidation sites excluding steroid dienone is 2. The van der Waals surface area contributed by atoms with Crippen LogP contribution in [0.2, 0.25) is 0 Å². The van der Waals surface area contributed by atoms with Crippen LogP contribution in [-0.2, 0) is 0 Å². The van der Waals surface area contributed by atoms with Gasteiger partial charge in [0.15, 0.2) is 0 Å². The third-order valence-corrected chi connectivity index (χ3v) is 1.47. The number of aliphatic hydroxyl groups is 1. The molecule has 0 unspecified atom stereocenters. The molecule has 11 heavy (non-hydrogen) atoms. The lowest BCUT2D eigenvalue weighted by Crippen LogP contribution is -1.87. The average Bonchev–Trinajstić information content (AvgIpc) is 2.07. The molecule has 0 saturated carbocycles. The van der Waals surface area contributed by atoms with Crippen molar-refractivity contribution in [3.63, 3.8) is 0 Å². The molecule has 0 heterocycles. The van der Waals surface area contributed by atoms with Crippen molar-refractivity contribution in [2.24, 2.45) is 4.99 Å². The third-order valence-electron chi connectivity index (χ3n) is 1.47. The minimum atomic E-state index is 0.0650. The first-order valence-corrected chi connectivity index (χ1v) is 3.71. The van der Waals surface area contributed by atoms with Gasteiger partial charge >= 0.3 is 0 Å². The van der Waals surface area contributed by atoms with Gasteiger partial charge in [-0.15, -0.1) is 0 Å². The maximum atomic E-state index is 8.79. The zero-order valence-corrected chi connectivity index (χ0v) is 7.17. The smallest absolute Gasteiger partial charge is 0.0679 e. The predicted molar refractivity (Wildman–Crippen MR) is 48.8 cm³/mol. The lowest BCUT2D eigenvalue weighted by molar-refractivity contribution is 0.334. The molecule has 2 nitrogen and oxygen atoms in total. The topological polar surface area (TPSA) is 32.6 Å². The van der Waals surface area contributed by atoms with Gasteiger partial charge in [0.25, 0.3) is 0 Å². The fourth-order valence-corrected chi connectivity index (χ4v) is 0.694. The molecule has 1 N–H and O–H groups in total. The number of nitrogens with zero attached hydrogens (tertiary/aromatic N) is 1. The second kappa shape index (κ2) is 5.86. The Morgan fingerprint density at radius 3 is 2.55 bits per heavy atom. The molecule has 0 radical (unpaired) electrons. The largest absolute Gasteiger partial charge is 0.392 e. The fourth-order valence-electron chi connectivity index (χ4n) is 0.694. The number of hydrogen-bond donors (Lipinski definition) is 1. The molecule has 0 amide bonds. The average molecular weight is 153 g/mol. The van der Waals surface area contributed by atoms with Crippen molar-refractivity contribution in [3.8, 4) is 0 Å². The van der Waals surface area contributed by atoms with Crippen molar-refractivity contribution >= 4 is 6.72 Å². The van der Waals surface area contributed by atoms with E-state index in [1.54, 1.807) is 0 Å². The molecule has 0 aromatic rings. The molecule has 0 saturated heterocycles. The quantitative estimate of drug-likeness (QED) is 0.485. The Balaban J connectivity index is 4.35. The van der Waals surface area contributed by atoms with Crippen LogP contribution in [0.1, 0.15) is 20.3 Å². The van der Waals surface area contributed by atoms with Gasteiger partial charge in [-0.25, -0.2) is 0 Å². The highest BCUT2D eigenvalue weighted by molar-refractivity contribution is 5.32. The summed E-state index contributed by atoms with van der Waals surface area (Å²) >= 11 is 0. The van der Waals surface area contributed by atoms with E-state index < -0.39 is 0 Å². The summed E-state index contributed by atoms with van der Waals surface area (Å²) in [5, 5.41) is 8.79. The van der Waals surface area contributed by atoms with Gasteiger partial charge in [-0.05, 0) is 31.7 Å². The van der Waals surface area contributed by atoms with E-state index in [4.69, 9.17) is 5.11 Å². The minimum absolute atomic E-state index is 0.0650. The minimum Gasteiger partial charge on any atom is -0.392 e. The van der Waals surface area contributed by atoms with Gasteiger partial charge in [0.1, 0.15) is 0 Å². The van der Waals surface area contributed by atoms with Crippen molar-refractivity contribution < 1.29 is 5.11 Å². The van der Waals surface area contributed by atoms with Crippen LogP contribution in [0.4, 0.5) is 0 Å². The number of rotatable bonds is 4. The van der Waals surface area contributed by atoms with E-state index in [2.05, 4.69) is 11.7 Å². The SMILES string of the molecule is C=N/C(=C\C(=C/C)CO)CC. The van der Waals surface area contributed by atoms with Crippen molar-refractivity contribution in [2.75, 3.05) is 6.61 Å². The summed E-state index contributed by atoms with van der Waals surface area (Å²) in [5.74, 6) is 0. The molecular weight excluding hydrogens is 138 g/mol. The lowest BCUT2D eigenvalue weighted by atomic mass is 10.2. The molecule has 2 heteroatoms. The van der Waals surface area contributed by atoms with Crippen molar-refractivity contribution in [1.82, 2.24) is 0 Å². The lowest BCUT2D eigenvalue weighted by Gasteiger charge is -1.97. The van der Waals surface area contributed by atoms with E-state index in [0.29, 0.717) is 0 Å². The van der Waals surface area contributed by atoms with Gasteiger partial charge in [0.2, 0.25) is 0 Å². The standard InChI is InChI=1S/C9H15NO/c1-4-8(7-11)6-9(5-2)10-3/h4,6,11H,3,5,7H2,1-2H3/b8-4+,9-6-. The normalized spacial score (nSPS) is 13.4. The predicted octanol–water partition coefficient (Wildman–Crippen LogP) is 1.92. The zero-order chi connectivity index (χ0) is 8.69. The second-order valence-electron chi connectivity index (χ2n) is 2.17. The van der Waals surface area contributed by atoms with Gasteiger partial charge < -0.3 is 5.11 Å². The van der Waals surface area contributed by atoms with Crippen LogP contribution >= 0.6 is 0 Å². The Morgan fingerprint density at radius 2 is 2.27 bits per heavy atom. The summed E-state index contributed by atoms with van der Waals surface area (Å²) in [6.45, 7) is 7.38. The molecular formula is C9H15NO. The van der Waals surface area contributed by atoms with E-state index >= 15 is 0 Å². The van der Waals surface area contributed by atoms with Crippen LogP contribution in [-0.4, -0.2) is 18.4 Å². The molecule has 0 aromatic carbocycles. The molecule has 0 bridgehead atoms. The van der Waals surface area contributed by atoms with Crippen molar-refractivity contribution in [1.29, 1.82) is 0 Å². The second-order valence-corrected chi connectivity index (χ2v) is 2.17. The highest BCUT2D eigenvalue weighted by Crippen LogP contribution is 2.06. The maximum Gasteiger partial charge on any atom is 0.0679 e. The van der Waals surface area contributed by atoms with Crippen LogP contribution in [0.15, 0.2) is 28.4 Å². The first-order valence-electron chi connectivity index (χ1n) is 3.71. The zero-order valence-electron chi connectivity index (χ0n) is 7.17. The number of aliphatic imine (C=N–C) groups is 1. The van der Waals surface area contributed by atoms with E-state index in [9.17, 15) is 0 Å². The van der Waals surface area contributed by atoms with Gasteiger partial charge in [-0.1, -0.05) is 13.0 Å². The summed E-state index contributed by atoms with van der Waals surface area (Å²) in [5.41, 5.74) is 1.79. The van der Waals surface area contributed by atoms with Crippen LogP contribution in [0, 0.1) is 0 Å². The molecule has 0 aliphatic carbocycles. The summed E-state index contributed by atoms with van der Waals surface area (Å²) in [6.07, 6.45) is 4.56. The van der Waals surface area contributed by atoms with Crippen LogP contribution < -0.4 is 0 Å². The van der Waals surface area contributed by atoms with E-state index in [1.807, 2.05) is 26.0 Å². The Bertz CT molecular complexity index is 180. The Labute approximate surface area is 68.0 Å². The van der Waals surface area contributed by atoms with E-state index in [0.717, 1.165) is 17.7 Å². The first-order chi connectivity index (χ1) is 5.28. The maximum absolute atomic E-state index is 8.79. The Morgan fingerprint density at radius 1 is 1.64 bits per heavy atom. The van der Waals surface area contributed by atoms with Gasteiger partial charge in [0.05, 0.1) is 6.61 Å². The van der Waals surface area contributed by atoms with E-state index in [-0.39, 0.29) is 6.61 Å². The molecule has 0 aromatic heterocycles. The van der Waals surface area contributed by atoms with E-state index in [1.165, 1.54) is 0 Å².